The Kier molecular flexibility index (Phi) is 4.22. The Balaban J connectivity index is 1.85. The van der Waals surface area contributed by atoms with Gasteiger partial charge < -0.3 is 0 Å². The van der Waals surface area contributed by atoms with Gasteiger partial charge in [-0.25, -0.2) is 14.3 Å². The van der Waals surface area contributed by atoms with Crippen LogP contribution < -0.4 is 11.0 Å². The quantitative estimate of drug-likeness (QED) is 0.742. The molecule has 0 saturated carbocycles. The number of fused-ring (bicyclic) bond motifs is 1. The van der Waals surface area contributed by atoms with Gasteiger partial charge in [-0.1, -0.05) is 30.3 Å². The Bertz CT molecular complexity index is 994. The third-order valence-electron chi connectivity index (χ3n) is 3.58. The fourth-order valence-electron chi connectivity index (χ4n) is 2.37. The minimum atomic E-state index is -0.421. The molecule has 0 aliphatic rings. The van der Waals surface area contributed by atoms with E-state index < -0.39 is 5.91 Å². The molecule has 0 bridgehead atoms. The molecule has 0 unspecified atom stereocenters. The summed E-state index contributed by atoms with van der Waals surface area (Å²) in [4.78, 5) is 28.8. The van der Waals surface area contributed by atoms with Gasteiger partial charge in [0.1, 0.15) is 11.7 Å². The van der Waals surface area contributed by atoms with E-state index >= 15 is 0 Å². The van der Waals surface area contributed by atoms with Crippen molar-refractivity contribution in [3.63, 3.8) is 0 Å². The SMILES string of the molecule is CC(C)(C)n1ncc2c(=O)n(NC(=O)/C=C/c3ccccc3)cnc21. The lowest BCUT2D eigenvalue weighted by molar-refractivity contribution is -0.112. The van der Waals surface area contributed by atoms with Crippen LogP contribution in [0.5, 0.6) is 0 Å². The van der Waals surface area contributed by atoms with E-state index in [9.17, 15) is 9.59 Å². The monoisotopic (exact) mass is 337 g/mol. The van der Waals surface area contributed by atoms with Crippen molar-refractivity contribution in [1.29, 1.82) is 0 Å². The van der Waals surface area contributed by atoms with Gasteiger partial charge in [-0.05, 0) is 32.4 Å². The highest BCUT2D eigenvalue weighted by Crippen LogP contribution is 2.17. The van der Waals surface area contributed by atoms with Crippen molar-refractivity contribution in [2.24, 2.45) is 0 Å². The molecular formula is C18H19N5O2. The van der Waals surface area contributed by atoms with Crippen LogP contribution in [-0.2, 0) is 10.3 Å². The predicted octanol–water partition coefficient (Wildman–Crippen LogP) is 2.13. The first-order valence-electron chi connectivity index (χ1n) is 7.86. The zero-order chi connectivity index (χ0) is 18.0. The molecule has 0 aliphatic carbocycles. The molecule has 0 spiro atoms. The van der Waals surface area contributed by atoms with Gasteiger partial charge in [-0.15, -0.1) is 0 Å². The number of nitrogens with zero attached hydrogens (tertiary/aromatic N) is 4. The molecule has 0 fully saturated rings. The van der Waals surface area contributed by atoms with E-state index in [1.807, 2.05) is 51.1 Å². The number of aromatic nitrogens is 4. The van der Waals surface area contributed by atoms with Gasteiger partial charge in [0.2, 0.25) is 0 Å². The van der Waals surface area contributed by atoms with Gasteiger partial charge >= 0.3 is 0 Å². The van der Waals surface area contributed by atoms with Crippen molar-refractivity contribution >= 4 is 23.0 Å². The highest BCUT2D eigenvalue weighted by atomic mass is 16.2. The molecule has 1 amide bonds. The standard InChI is InChI=1S/C18H19N5O2/c1-18(2,3)23-16-14(11-20-23)17(25)22(12-19-16)21-15(24)10-9-13-7-5-4-6-8-13/h4-12H,1-3H3,(H,21,24)/b10-9+. The summed E-state index contributed by atoms with van der Waals surface area (Å²) < 4.78 is 2.75. The number of carbonyl (C=O) groups is 1. The molecule has 0 atom stereocenters. The number of hydrogen-bond donors (Lipinski definition) is 1. The highest BCUT2D eigenvalue weighted by molar-refractivity contribution is 5.97. The predicted molar refractivity (Wildman–Crippen MR) is 96.6 cm³/mol. The van der Waals surface area contributed by atoms with Gasteiger partial charge in [-0.2, -0.15) is 5.10 Å². The fourth-order valence-corrected chi connectivity index (χ4v) is 2.37. The van der Waals surface area contributed by atoms with Gasteiger partial charge in [-0.3, -0.25) is 15.0 Å². The summed E-state index contributed by atoms with van der Waals surface area (Å²) in [5.41, 5.74) is 3.21. The van der Waals surface area contributed by atoms with Crippen LogP contribution in [0.4, 0.5) is 0 Å². The van der Waals surface area contributed by atoms with Gasteiger partial charge in [0.25, 0.3) is 11.5 Å². The van der Waals surface area contributed by atoms with Crippen molar-refractivity contribution in [3.8, 4) is 0 Å². The Morgan fingerprint density at radius 3 is 2.60 bits per heavy atom. The zero-order valence-corrected chi connectivity index (χ0v) is 14.3. The third-order valence-corrected chi connectivity index (χ3v) is 3.58. The third kappa shape index (κ3) is 3.50. The Morgan fingerprint density at radius 1 is 1.20 bits per heavy atom. The second kappa shape index (κ2) is 6.35. The maximum atomic E-state index is 12.5. The summed E-state index contributed by atoms with van der Waals surface area (Å²) in [6.07, 6.45) is 5.80. The lowest BCUT2D eigenvalue weighted by atomic mass is 10.1. The zero-order valence-electron chi connectivity index (χ0n) is 14.3. The molecule has 0 radical (unpaired) electrons. The van der Waals surface area contributed by atoms with E-state index in [4.69, 9.17) is 0 Å². The molecule has 2 aromatic heterocycles. The molecule has 3 aromatic rings. The van der Waals surface area contributed by atoms with E-state index in [2.05, 4.69) is 15.5 Å². The maximum Gasteiger partial charge on any atom is 0.283 e. The van der Waals surface area contributed by atoms with E-state index in [1.54, 1.807) is 10.8 Å². The minimum Gasteiger partial charge on any atom is -0.268 e. The fraction of sp³-hybridized carbons (Fsp3) is 0.222. The maximum absolute atomic E-state index is 12.5. The lowest BCUT2D eigenvalue weighted by Crippen LogP contribution is -2.32. The number of hydrogen-bond acceptors (Lipinski definition) is 4. The van der Waals surface area contributed by atoms with E-state index in [0.717, 1.165) is 10.2 Å². The topological polar surface area (TPSA) is 81.8 Å². The highest BCUT2D eigenvalue weighted by Gasteiger charge is 2.19. The Hall–Kier alpha value is -3.22. The Morgan fingerprint density at radius 2 is 1.92 bits per heavy atom. The smallest absolute Gasteiger partial charge is 0.268 e. The summed E-state index contributed by atoms with van der Waals surface area (Å²) >= 11 is 0. The second-order valence-corrected chi connectivity index (χ2v) is 6.60. The number of rotatable bonds is 3. The van der Waals surface area contributed by atoms with Gasteiger partial charge in [0.15, 0.2) is 5.65 Å². The van der Waals surface area contributed by atoms with Gasteiger partial charge in [0, 0.05) is 6.08 Å². The number of amides is 1. The first-order chi connectivity index (χ1) is 11.9. The van der Waals surface area contributed by atoms with Crippen molar-refractivity contribution < 1.29 is 4.79 Å². The molecule has 3 rings (SSSR count). The molecule has 25 heavy (non-hydrogen) atoms. The van der Waals surface area contributed by atoms with Crippen LogP contribution in [0.3, 0.4) is 0 Å². The lowest BCUT2D eigenvalue weighted by Gasteiger charge is -2.19. The van der Waals surface area contributed by atoms with Crippen LogP contribution in [0.25, 0.3) is 17.1 Å². The number of carbonyl (C=O) groups excluding carboxylic acids is 1. The number of nitrogens with one attached hydrogen (secondary N) is 1. The molecule has 7 nitrogen and oxygen atoms in total. The minimum absolute atomic E-state index is 0.297. The van der Waals surface area contributed by atoms with Crippen LogP contribution in [0.2, 0.25) is 0 Å². The van der Waals surface area contributed by atoms with Crippen LogP contribution in [0.1, 0.15) is 26.3 Å². The van der Waals surface area contributed by atoms with Crippen molar-refractivity contribution in [2.45, 2.75) is 26.3 Å². The summed E-state index contributed by atoms with van der Waals surface area (Å²) in [7, 11) is 0. The van der Waals surface area contributed by atoms with Crippen LogP contribution in [0, 0.1) is 0 Å². The summed E-state index contributed by atoms with van der Waals surface area (Å²) in [5.74, 6) is -0.421. The first kappa shape index (κ1) is 16.6. The summed E-state index contributed by atoms with van der Waals surface area (Å²) in [6.45, 7) is 5.93. The molecule has 0 aliphatic heterocycles. The van der Waals surface area contributed by atoms with Crippen LogP contribution in [-0.4, -0.2) is 25.3 Å². The van der Waals surface area contributed by atoms with E-state index in [1.165, 1.54) is 18.6 Å². The van der Waals surface area contributed by atoms with Crippen molar-refractivity contribution in [1.82, 2.24) is 19.4 Å². The molecule has 1 aromatic carbocycles. The largest absolute Gasteiger partial charge is 0.283 e. The number of benzene rings is 1. The Labute approximate surface area is 144 Å². The van der Waals surface area contributed by atoms with Crippen molar-refractivity contribution in [3.05, 3.63) is 64.8 Å². The molecule has 128 valence electrons. The molecule has 0 saturated heterocycles. The molecule has 2 heterocycles. The average molecular weight is 337 g/mol. The molecule has 1 N–H and O–H groups in total. The molecule has 7 heteroatoms. The summed E-state index contributed by atoms with van der Waals surface area (Å²) in [5, 5.41) is 4.59. The summed E-state index contributed by atoms with van der Waals surface area (Å²) in [6, 6.07) is 9.42. The normalized spacial score (nSPS) is 12.0. The van der Waals surface area contributed by atoms with Gasteiger partial charge in [0.05, 0.1) is 11.7 Å². The molecular weight excluding hydrogens is 318 g/mol. The average Bonchev–Trinajstić information content (AvgIpc) is 3.02. The second-order valence-electron chi connectivity index (χ2n) is 6.60. The first-order valence-corrected chi connectivity index (χ1v) is 7.86. The van der Waals surface area contributed by atoms with Crippen molar-refractivity contribution in [2.75, 3.05) is 5.43 Å². The van der Waals surface area contributed by atoms with Crippen LogP contribution in [0.15, 0.2) is 53.7 Å². The van der Waals surface area contributed by atoms with Crippen LogP contribution >= 0.6 is 0 Å². The van der Waals surface area contributed by atoms with E-state index in [0.29, 0.717) is 11.0 Å². The van der Waals surface area contributed by atoms with E-state index in [-0.39, 0.29) is 11.1 Å².